The first-order chi connectivity index (χ1) is 13.2. The molecule has 142 valence electrons. The molecule has 1 unspecified atom stereocenters. The number of pyridine rings is 1. The SMILES string of the molecule is O=C(NC1CCCN(Cc2ccccn2)C1)C1(c2ccc(Cl)cc2)CCC1. The van der Waals surface area contributed by atoms with Crippen LogP contribution in [0.1, 0.15) is 43.4 Å². The van der Waals surface area contributed by atoms with Crippen LogP contribution in [0, 0.1) is 0 Å². The van der Waals surface area contributed by atoms with Gasteiger partial charge in [0.1, 0.15) is 0 Å². The zero-order chi connectivity index (χ0) is 18.7. The number of amides is 1. The van der Waals surface area contributed by atoms with E-state index < -0.39 is 0 Å². The molecule has 4 rings (SSSR count). The summed E-state index contributed by atoms with van der Waals surface area (Å²) in [4.78, 5) is 20.0. The lowest BCUT2D eigenvalue weighted by atomic mass is 9.63. The van der Waals surface area contributed by atoms with Gasteiger partial charge in [0.2, 0.25) is 5.91 Å². The Morgan fingerprint density at radius 2 is 2.00 bits per heavy atom. The number of aromatic nitrogens is 1. The molecule has 1 aromatic heterocycles. The van der Waals surface area contributed by atoms with E-state index >= 15 is 0 Å². The third-order valence-corrected chi connectivity index (χ3v) is 6.24. The Morgan fingerprint density at radius 1 is 1.19 bits per heavy atom. The average Bonchev–Trinajstić information content (AvgIpc) is 2.63. The summed E-state index contributed by atoms with van der Waals surface area (Å²) in [6.45, 7) is 2.79. The van der Waals surface area contributed by atoms with Crippen LogP contribution < -0.4 is 5.32 Å². The van der Waals surface area contributed by atoms with Crippen LogP contribution in [-0.4, -0.2) is 34.9 Å². The van der Waals surface area contributed by atoms with Crippen LogP contribution in [0.25, 0.3) is 0 Å². The lowest BCUT2D eigenvalue weighted by molar-refractivity contribution is -0.131. The van der Waals surface area contributed by atoms with Crippen molar-refractivity contribution in [3.05, 3.63) is 64.9 Å². The standard InChI is InChI=1S/C22H26ClN3O/c23-18-9-7-17(8-10-18)22(11-4-12-22)21(27)25-20-6-3-14-26(16-20)15-19-5-1-2-13-24-19/h1-2,5,7-10,13,20H,3-4,6,11-12,14-16H2,(H,25,27). The Bertz CT molecular complexity index is 774. The number of likely N-dealkylation sites (tertiary alicyclic amines) is 1. The van der Waals surface area contributed by atoms with E-state index in [-0.39, 0.29) is 17.4 Å². The van der Waals surface area contributed by atoms with E-state index in [1.807, 2.05) is 42.6 Å². The molecular formula is C22H26ClN3O. The normalized spacial score (nSPS) is 22.0. The first-order valence-electron chi connectivity index (χ1n) is 9.85. The third-order valence-electron chi connectivity index (χ3n) is 5.99. The largest absolute Gasteiger partial charge is 0.351 e. The van der Waals surface area contributed by atoms with E-state index in [4.69, 9.17) is 11.6 Å². The second-order valence-corrected chi connectivity index (χ2v) is 8.25. The van der Waals surface area contributed by atoms with E-state index in [0.717, 1.165) is 63.0 Å². The third kappa shape index (κ3) is 4.02. The number of carbonyl (C=O) groups excluding carboxylic acids is 1. The van der Waals surface area contributed by atoms with Gasteiger partial charge in [0.25, 0.3) is 0 Å². The minimum Gasteiger partial charge on any atom is -0.351 e. The number of hydrogen-bond acceptors (Lipinski definition) is 3. The molecule has 2 aromatic rings. The fraction of sp³-hybridized carbons (Fsp3) is 0.455. The minimum atomic E-state index is -0.367. The molecule has 1 amide bonds. The summed E-state index contributed by atoms with van der Waals surface area (Å²) in [5.74, 6) is 0.181. The van der Waals surface area contributed by atoms with Gasteiger partial charge in [0.05, 0.1) is 11.1 Å². The van der Waals surface area contributed by atoms with E-state index in [1.165, 1.54) is 0 Å². The average molecular weight is 384 g/mol. The van der Waals surface area contributed by atoms with Gasteiger partial charge in [-0.05, 0) is 62.1 Å². The Labute approximate surface area is 165 Å². The molecule has 2 fully saturated rings. The van der Waals surface area contributed by atoms with Crippen LogP contribution in [0.3, 0.4) is 0 Å². The molecule has 1 aliphatic carbocycles. The van der Waals surface area contributed by atoms with Crippen LogP contribution >= 0.6 is 11.6 Å². The van der Waals surface area contributed by atoms with Crippen molar-refractivity contribution in [3.8, 4) is 0 Å². The van der Waals surface area contributed by atoms with Crippen LogP contribution in [0.4, 0.5) is 0 Å². The Kier molecular flexibility index (Phi) is 5.46. The van der Waals surface area contributed by atoms with Crippen LogP contribution in [0.15, 0.2) is 48.7 Å². The summed E-state index contributed by atoms with van der Waals surface area (Å²) in [5, 5.41) is 4.07. The molecule has 1 aliphatic heterocycles. The zero-order valence-electron chi connectivity index (χ0n) is 15.5. The first-order valence-corrected chi connectivity index (χ1v) is 10.2. The van der Waals surface area contributed by atoms with E-state index in [9.17, 15) is 4.79 Å². The molecule has 1 N–H and O–H groups in total. The van der Waals surface area contributed by atoms with Gasteiger partial charge in [-0.1, -0.05) is 36.2 Å². The van der Waals surface area contributed by atoms with Crippen molar-refractivity contribution in [1.82, 2.24) is 15.2 Å². The summed E-state index contributed by atoms with van der Waals surface area (Å²) in [6.07, 6.45) is 6.93. The van der Waals surface area contributed by atoms with Crippen LogP contribution in [0.2, 0.25) is 5.02 Å². The Balaban J connectivity index is 1.40. The molecule has 1 atom stereocenters. The number of benzene rings is 1. The van der Waals surface area contributed by atoms with Crippen LogP contribution in [-0.2, 0) is 16.8 Å². The van der Waals surface area contributed by atoms with Crippen molar-refractivity contribution >= 4 is 17.5 Å². The maximum atomic E-state index is 13.2. The number of halogens is 1. The maximum Gasteiger partial charge on any atom is 0.230 e. The highest BCUT2D eigenvalue weighted by atomic mass is 35.5. The summed E-state index contributed by atoms with van der Waals surface area (Å²) >= 11 is 6.03. The fourth-order valence-electron chi connectivity index (χ4n) is 4.31. The minimum absolute atomic E-state index is 0.181. The van der Waals surface area contributed by atoms with Gasteiger partial charge in [-0.15, -0.1) is 0 Å². The molecule has 0 bridgehead atoms. The molecule has 5 heteroatoms. The number of hydrogen-bond donors (Lipinski definition) is 1. The lowest BCUT2D eigenvalue weighted by Crippen LogP contribution is -2.55. The number of nitrogens with zero attached hydrogens (tertiary/aromatic N) is 2. The fourth-order valence-corrected chi connectivity index (χ4v) is 4.43. The highest BCUT2D eigenvalue weighted by molar-refractivity contribution is 6.30. The predicted octanol–water partition coefficient (Wildman–Crippen LogP) is 3.94. The molecule has 4 nitrogen and oxygen atoms in total. The number of rotatable bonds is 5. The van der Waals surface area contributed by atoms with Gasteiger partial charge in [-0.3, -0.25) is 14.7 Å². The molecule has 1 saturated heterocycles. The number of nitrogens with one attached hydrogen (secondary N) is 1. The molecule has 2 heterocycles. The maximum absolute atomic E-state index is 13.2. The van der Waals surface area contributed by atoms with Crippen molar-refractivity contribution in [1.29, 1.82) is 0 Å². The van der Waals surface area contributed by atoms with E-state index in [2.05, 4.69) is 21.3 Å². The Hall–Kier alpha value is -1.91. The molecule has 2 aliphatic rings. The van der Waals surface area contributed by atoms with Crippen molar-refractivity contribution in [3.63, 3.8) is 0 Å². The van der Waals surface area contributed by atoms with Gasteiger partial charge >= 0.3 is 0 Å². The van der Waals surface area contributed by atoms with Gasteiger partial charge in [0.15, 0.2) is 0 Å². The zero-order valence-corrected chi connectivity index (χ0v) is 16.3. The second-order valence-electron chi connectivity index (χ2n) is 7.81. The van der Waals surface area contributed by atoms with Gasteiger partial charge in [0, 0.05) is 30.4 Å². The van der Waals surface area contributed by atoms with Crippen molar-refractivity contribution in [2.24, 2.45) is 0 Å². The highest BCUT2D eigenvalue weighted by Gasteiger charge is 2.46. The highest BCUT2D eigenvalue weighted by Crippen LogP contribution is 2.44. The van der Waals surface area contributed by atoms with Crippen LogP contribution in [0.5, 0.6) is 0 Å². The molecule has 1 aromatic carbocycles. The quantitative estimate of drug-likeness (QED) is 0.850. The van der Waals surface area contributed by atoms with E-state index in [1.54, 1.807) is 0 Å². The summed E-state index contributed by atoms with van der Waals surface area (Å²) in [5.41, 5.74) is 1.81. The first kappa shape index (κ1) is 18.5. The van der Waals surface area contributed by atoms with Crippen molar-refractivity contribution in [2.45, 2.75) is 50.1 Å². The number of piperidine rings is 1. The van der Waals surface area contributed by atoms with E-state index in [0.29, 0.717) is 5.02 Å². The smallest absolute Gasteiger partial charge is 0.230 e. The summed E-state index contributed by atoms with van der Waals surface area (Å²) < 4.78 is 0. The molecular weight excluding hydrogens is 358 g/mol. The monoisotopic (exact) mass is 383 g/mol. The topological polar surface area (TPSA) is 45.2 Å². The molecule has 0 radical (unpaired) electrons. The molecule has 0 spiro atoms. The Morgan fingerprint density at radius 3 is 2.67 bits per heavy atom. The lowest BCUT2D eigenvalue weighted by Gasteiger charge is -2.43. The van der Waals surface area contributed by atoms with Crippen molar-refractivity contribution < 1.29 is 4.79 Å². The molecule has 27 heavy (non-hydrogen) atoms. The van der Waals surface area contributed by atoms with Gasteiger partial charge in [-0.2, -0.15) is 0 Å². The molecule has 1 saturated carbocycles. The summed E-state index contributed by atoms with van der Waals surface area (Å²) in [7, 11) is 0. The second kappa shape index (κ2) is 7.99. The van der Waals surface area contributed by atoms with Gasteiger partial charge < -0.3 is 5.32 Å². The summed E-state index contributed by atoms with van der Waals surface area (Å²) in [6, 6.07) is 14.0. The predicted molar refractivity (Wildman–Crippen MR) is 108 cm³/mol. The van der Waals surface area contributed by atoms with Gasteiger partial charge in [-0.25, -0.2) is 0 Å². The van der Waals surface area contributed by atoms with Crippen molar-refractivity contribution in [2.75, 3.05) is 13.1 Å². The number of carbonyl (C=O) groups is 1.